The molecule has 0 fully saturated rings. The van der Waals surface area contributed by atoms with Crippen molar-refractivity contribution in [2.75, 3.05) is 20.3 Å². The van der Waals surface area contributed by atoms with Crippen LogP contribution < -0.4 is 10.6 Å². The number of hydrogen-bond donors (Lipinski definition) is 3. The van der Waals surface area contributed by atoms with Gasteiger partial charge in [0, 0.05) is 7.11 Å². The lowest BCUT2D eigenvalue weighted by Gasteiger charge is -2.17. The zero-order valence-corrected chi connectivity index (χ0v) is 12.5. The first-order chi connectivity index (χ1) is 10.6. The van der Waals surface area contributed by atoms with E-state index in [1.54, 1.807) is 25.3 Å². The Hall–Kier alpha value is -2.25. The van der Waals surface area contributed by atoms with E-state index in [0.29, 0.717) is 11.5 Å². The van der Waals surface area contributed by atoms with Crippen molar-refractivity contribution < 1.29 is 23.5 Å². The second-order valence-corrected chi connectivity index (χ2v) is 4.84. The van der Waals surface area contributed by atoms with E-state index in [0.717, 1.165) is 5.76 Å². The standard InChI is InChI=1S/C15H20N2O5/c1-10-5-6-13(22-10)11(9-20-2)17-15(19)16-8-12(18)14-4-3-7-21-14/h3-7,11-12,18H,8-9H2,1-2H3,(H2,16,17,19). The average molecular weight is 308 g/mol. The number of furan rings is 2. The number of rotatable bonds is 7. The van der Waals surface area contributed by atoms with E-state index in [2.05, 4.69) is 10.6 Å². The Morgan fingerprint density at radius 3 is 2.77 bits per heavy atom. The number of methoxy groups -OCH3 is 1. The highest BCUT2D eigenvalue weighted by Crippen LogP contribution is 2.16. The third-order valence-corrected chi connectivity index (χ3v) is 3.07. The number of urea groups is 1. The molecule has 7 nitrogen and oxygen atoms in total. The van der Waals surface area contributed by atoms with E-state index < -0.39 is 18.2 Å². The number of nitrogens with one attached hydrogen (secondary N) is 2. The summed E-state index contributed by atoms with van der Waals surface area (Å²) in [6.07, 6.45) is 0.569. The predicted molar refractivity (Wildman–Crippen MR) is 78.3 cm³/mol. The highest BCUT2D eigenvalue weighted by Gasteiger charge is 2.19. The van der Waals surface area contributed by atoms with Gasteiger partial charge >= 0.3 is 6.03 Å². The molecule has 2 aromatic rings. The summed E-state index contributed by atoms with van der Waals surface area (Å²) in [5.41, 5.74) is 0. The normalized spacial score (nSPS) is 13.6. The first-order valence-electron chi connectivity index (χ1n) is 6.91. The lowest BCUT2D eigenvalue weighted by molar-refractivity contribution is 0.142. The van der Waals surface area contributed by atoms with Crippen molar-refractivity contribution in [1.29, 1.82) is 0 Å². The number of hydrogen-bond acceptors (Lipinski definition) is 5. The van der Waals surface area contributed by atoms with Crippen LogP contribution in [0.25, 0.3) is 0 Å². The summed E-state index contributed by atoms with van der Waals surface area (Å²) in [4.78, 5) is 11.9. The molecule has 2 aromatic heterocycles. The van der Waals surface area contributed by atoms with Gasteiger partial charge in [-0.05, 0) is 31.2 Å². The smallest absolute Gasteiger partial charge is 0.315 e. The third-order valence-electron chi connectivity index (χ3n) is 3.07. The van der Waals surface area contributed by atoms with E-state index in [4.69, 9.17) is 13.6 Å². The summed E-state index contributed by atoms with van der Waals surface area (Å²) in [6.45, 7) is 2.14. The molecule has 22 heavy (non-hydrogen) atoms. The number of aliphatic hydroxyl groups excluding tert-OH is 1. The quantitative estimate of drug-likeness (QED) is 0.726. The van der Waals surface area contributed by atoms with Gasteiger partial charge in [-0.1, -0.05) is 0 Å². The van der Waals surface area contributed by atoms with Gasteiger partial charge < -0.3 is 29.3 Å². The minimum absolute atomic E-state index is 0.0379. The van der Waals surface area contributed by atoms with E-state index in [1.807, 2.05) is 13.0 Å². The second kappa shape index (κ2) is 7.67. The molecular weight excluding hydrogens is 288 g/mol. The van der Waals surface area contributed by atoms with Crippen LogP contribution in [0.15, 0.2) is 39.4 Å². The van der Waals surface area contributed by atoms with Crippen molar-refractivity contribution in [1.82, 2.24) is 10.6 Å². The fraction of sp³-hybridized carbons (Fsp3) is 0.400. The summed E-state index contributed by atoms with van der Waals surface area (Å²) < 4.78 is 15.6. The van der Waals surface area contributed by atoms with Crippen LogP contribution in [0, 0.1) is 6.92 Å². The number of aliphatic hydroxyl groups is 1. The van der Waals surface area contributed by atoms with Crippen molar-refractivity contribution in [3.05, 3.63) is 47.8 Å². The van der Waals surface area contributed by atoms with Crippen molar-refractivity contribution in [3.8, 4) is 0 Å². The molecule has 2 atom stereocenters. The Balaban J connectivity index is 1.86. The Morgan fingerprint density at radius 2 is 2.18 bits per heavy atom. The molecule has 2 unspecified atom stereocenters. The Kier molecular flexibility index (Phi) is 5.62. The highest BCUT2D eigenvalue weighted by atomic mass is 16.5. The number of amides is 2. The van der Waals surface area contributed by atoms with Crippen molar-refractivity contribution >= 4 is 6.03 Å². The molecule has 0 aliphatic carbocycles. The monoisotopic (exact) mass is 308 g/mol. The van der Waals surface area contributed by atoms with Gasteiger partial charge in [-0.15, -0.1) is 0 Å². The molecule has 7 heteroatoms. The van der Waals surface area contributed by atoms with E-state index in [9.17, 15) is 9.90 Å². The molecule has 0 aliphatic rings. The summed E-state index contributed by atoms with van der Waals surface area (Å²) >= 11 is 0. The van der Waals surface area contributed by atoms with Crippen molar-refractivity contribution in [2.45, 2.75) is 19.1 Å². The number of aryl methyl sites for hydroxylation is 1. The maximum atomic E-state index is 11.9. The lowest BCUT2D eigenvalue weighted by Crippen LogP contribution is -2.41. The molecule has 0 spiro atoms. The molecule has 0 saturated carbocycles. The number of carbonyl (C=O) groups excluding carboxylic acids is 1. The Morgan fingerprint density at radius 1 is 1.36 bits per heavy atom. The van der Waals surface area contributed by atoms with Gasteiger partial charge in [0.05, 0.1) is 19.4 Å². The van der Waals surface area contributed by atoms with Gasteiger partial charge in [-0.3, -0.25) is 0 Å². The zero-order valence-electron chi connectivity index (χ0n) is 12.5. The molecule has 2 heterocycles. The maximum absolute atomic E-state index is 11.9. The average Bonchev–Trinajstić information content (AvgIpc) is 3.15. The molecule has 0 radical (unpaired) electrons. The van der Waals surface area contributed by atoms with Crippen LogP contribution in [-0.4, -0.2) is 31.4 Å². The fourth-order valence-corrected chi connectivity index (χ4v) is 1.98. The summed E-state index contributed by atoms with van der Waals surface area (Å²) in [5.74, 6) is 1.77. The van der Waals surface area contributed by atoms with Crippen LogP contribution in [0.3, 0.4) is 0 Å². The molecule has 0 bridgehead atoms. The van der Waals surface area contributed by atoms with Gasteiger partial charge in [0.1, 0.15) is 29.4 Å². The minimum Gasteiger partial charge on any atom is -0.467 e. The first kappa shape index (κ1) is 16.1. The number of ether oxygens (including phenoxy) is 1. The third kappa shape index (κ3) is 4.37. The topological polar surface area (TPSA) is 96.9 Å². The van der Waals surface area contributed by atoms with Crippen LogP contribution in [-0.2, 0) is 4.74 Å². The molecular formula is C15H20N2O5. The highest BCUT2D eigenvalue weighted by molar-refractivity contribution is 5.74. The molecule has 0 saturated heterocycles. The summed E-state index contributed by atoms with van der Waals surface area (Å²) in [6, 6.07) is 6.09. The van der Waals surface area contributed by atoms with Crippen LogP contribution in [0.4, 0.5) is 4.79 Å². The molecule has 120 valence electrons. The summed E-state index contributed by atoms with van der Waals surface area (Å²) in [5, 5.41) is 15.2. The number of carbonyl (C=O) groups is 1. The van der Waals surface area contributed by atoms with Gasteiger partial charge in [0.25, 0.3) is 0 Å². The van der Waals surface area contributed by atoms with Crippen LogP contribution in [0.2, 0.25) is 0 Å². The molecule has 2 rings (SSSR count). The first-order valence-corrected chi connectivity index (χ1v) is 6.91. The molecule has 2 amide bonds. The molecule has 0 aliphatic heterocycles. The van der Waals surface area contributed by atoms with Crippen molar-refractivity contribution in [2.24, 2.45) is 0 Å². The maximum Gasteiger partial charge on any atom is 0.315 e. The second-order valence-electron chi connectivity index (χ2n) is 4.84. The van der Waals surface area contributed by atoms with E-state index in [-0.39, 0.29) is 13.2 Å². The molecule has 0 aromatic carbocycles. The van der Waals surface area contributed by atoms with Gasteiger partial charge in [0.2, 0.25) is 0 Å². The summed E-state index contributed by atoms with van der Waals surface area (Å²) in [7, 11) is 1.54. The fourth-order valence-electron chi connectivity index (χ4n) is 1.98. The predicted octanol–water partition coefficient (Wildman–Crippen LogP) is 1.90. The Labute approximate surface area is 128 Å². The van der Waals surface area contributed by atoms with E-state index >= 15 is 0 Å². The van der Waals surface area contributed by atoms with Crippen LogP contribution in [0.5, 0.6) is 0 Å². The minimum atomic E-state index is -0.896. The van der Waals surface area contributed by atoms with Crippen LogP contribution >= 0.6 is 0 Å². The van der Waals surface area contributed by atoms with Crippen LogP contribution in [0.1, 0.15) is 29.4 Å². The van der Waals surface area contributed by atoms with Gasteiger partial charge in [-0.25, -0.2) is 4.79 Å². The zero-order chi connectivity index (χ0) is 15.9. The molecule has 3 N–H and O–H groups in total. The largest absolute Gasteiger partial charge is 0.467 e. The van der Waals surface area contributed by atoms with Gasteiger partial charge in [0.15, 0.2) is 0 Å². The lowest BCUT2D eigenvalue weighted by atomic mass is 10.2. The Bertz CT molecular complexity index is 579. The van der Waals surface area contributed by atoms with Gasteiger partial charge in [-0.2, -0.15) is 0 Å². The SMILES string of the molecule is COCC(NC(=O)NCC(O)c1ccco1)c1ccc(C)o1. The van der Waals surface area contributed by atoms with E-state index in [1.165, 1.54) is 6.26 Å². The van der Waals surface area contributed by atoms with Crippen molar-refractivity contribution in [3.63, 3.8) is 0 Å².